The SMILES string of the molecule is CCSCC1CCN(C)C1. The zero-order valence-electron chi connectivity index (χ0n) is 6.97. The van der Waals surface area contributed by atoms with E-state index in [1.807, 2.05) is 0 Å². The maximum atomic E-state index is 2.43. The van der Waals surface area contributed by atoms with Gasteiger partial charge in [0.15, 0.2) is 0 Å². The van der Waals surface area contributed by atoms with E-state index >= 15 is 0 Å². The molecule has 1 aliphatic rings. The molecular weight excluding hydrogens is 142 g/mol. The first-order chi connectivity index (χ1) is 4.83. The van der Waals surface area contributed by atoms with Crippen molar-refractivity contribution in [2.45, 2.75) is 13.3 Å². The van der Waals surface area contributed by atoms with Crippen LogP contribution in [-0.4, -0.2) is 36.5 Å². The normalized spacial score (nSPS) is 27.6. The van der Waals surface area contributed by atoms with Crippen LogP contribution in [0.3, 0.4) is 0 Å². The molecule has 0 radical (unpaired) electrons. The first kappa shape index (κ1) is 8.41. The van der Waals surface area contributed by atoms with E-state index in [0.717, 1.165) is 5.92 Å². The minimum absolute atomic E-state index is 0.981. The Hall–Kier alpha value is 0.310. The lowest BCUT2D eigenvalue weighted by molar-refractivity contribution is 0.403. The molecule has 0 N–H and O–H groups in total. The minimum atomic E-state index is 0.981. The molecular formula is C8H17NS. The predicted octanol–water partition coefficient (Wildman–Crippen LogP) is 1.69. The van der Waals surface area contributed by atoms with E-state index in [4.69, 9.17) is 0 Å². The lowest BCUT2D eigenvalue weighted by Crippen LogP contribution is -2.14. The van der Waals surface area contributed by atoms with E-state index in [2.05, 4.69) is 30.6 Å². The molecule has 0 aromatic carbocycles. The van der Waals surface area contributed by atoms with Crippen molar-refractivity contribution in [1.29, 1.82) is 0 Å². The molecule has 0 spiro atoms. The van der Waals surface area contributed by atoms with E-state index in [1.54, 1.807) is 0 Å². The van der Waals surface area contributed by atoms with Crippen LogP contribution in [0.2, 0.25) is 0 Å². The van der Waals surface area contributed by atoms with E-state index in [-0.39, 0.29) is 0 Å². The Labute approximate surface area is 68.2 Å². The summed E-state index contributed by atoms with van der Waals surface area (Å²) in [6.45, 7) is 4.88. The molecule has 2 heteroatoms. The zero-order valence-corrected chi connectivity index (χ0v) is 7.78. The summed E-state index contributed by atoms with van der Waals surface area (Å²) in [5, 5.41) is 0. The molecule has 1 fully saturated rings. The van der Waals surface area contributed by atoms with E-state index in [0.29, 0.717) is 0 Å². The highest BCUT2D eigenvalue weighted by atomic mass is 32.2. The molecule has 1 saturated heterocycles. The summed E-state index contributed by atoms with van der Waals surface area (Å²) in [7, 11) is 2.22. The van der Waals surface area contributed by atoms with Crippen LogP contribution in [-0.2, 0) is 0 Å². The van der Waals surface area contributed by atoms with Crippen molar-refractivity contribution in [1.82, 2.24) is 4.90 Å². The number of thioether (sulfide) groups is 1. The van der Waals surface area contributed by atoms with Gasteiger partial charge in [0.1, 0.15) is 0 Å². The number of nitrogens with zero attached hydrogens (tertiary/aromatic N) is 1. The molecule has 1 atom stereocenters. The smallest absolute Gasteiger partial charge is 0.00150 e. The lowest BCUT2D eigenvalue weighted by Gasteiger charge is -2.08. The maximum Gasteiger partial charge on any atom is 0.00150 e. The molecule has 1 unspecified atom stereocenters. The van der Waals surface area contributed by atoms with Crippen LogP contribution in [0, 0.1) is 5.92 Å². The van der Waals surface area contributed by atoms with Gasteiger partial charge in [-0.2, -0.15) is 11.8 Å². The lowest BCUT2D eigenvalue weighted by atomic mass is 10.2. The van der Waals surface area contributed by atoms with Crippen LogP contribution >= 0.6 is 11.8 Å². The molecule has 10 heavy (non-hydrogen) atoms. The van der Waals surface area contributed by atoms with Gasteiger partial charge in [0, 0.05) is 6.54 Å². The molecule has 1 aliphatic heterocycles. The summed E-state index contributed by atoms with van der Waals surface area (Å²) in [6.07, 6.45) is 1.42. The van der Waals surface area contributed by atoms with Crippen molar-refractivity contribution in [3.63, 3.8) is 0 Å². The third kappa shape index (κ3) is 2.51. The molecule has 0 aromatic rings. The van der Waals surface area contributed by atoms with Gasteiger partial charge in [0.2, 0.25) is 0 Å². The molecule has 0 amide bonds. The third-order valence-corrected chi connectivity index (χ3v) is 3.16. The number of hydrogen-bond acceptors (Lipinski definition) is 2. The first-order valence-corrected chi connectivity index (χ1v) is 5.24. The Morgan fingerprint density at radius 3 is 2.90 bits per heavy atom. The molecule has 60 valence electrons. The first-order valence-electron chi connectivity index (χ1n) is 4.09. The van der Waals surface area contributed by atoms with Crippen molar-refractivity contribution in [2.24, 2.45) is 5.92 Å². The van der Waals surface area contributed by atoms with Crippen LogP contribution in [0.5, 0.6) is 0 Å². The quantitative estimate of drug-likeness (QED) is 0.616. The Kier molecular flexibility index (Phi) is 3.57. The maximum absolute atomic E-state index is 2.43. The largest absolute Gasteiger partial charge is 0.306 e. The van der Waals surface area contributed by atoms with Gasteiger partial charge in [-0.3, -0.25) is 0 Å². The molecule has 0 saturated carbocycles. The summed E-state index contributed by atoms with van der Waals surface area (Å²) in [6, 6.07) is 0. The molecule has 0 aromatic heterocycles. The average Bonchev–Trinajstić information content (AvgIpc) is 2.31. The number of likely N-dealkylation sites (tertiary alicyclic amines) is 1. The number of rotatable bonds is 3. The van der Waals surface area contributed by atoms with Crippen molar-refractivity contribution < 1.29 is 0 Å². The summed E-state index contributed by atoms with van der Waals surface area (Å²) in [4.78, 5) is 2.43. The Bertz CT molecular complexity index is 95.3. The fourth-order valence-corrected chi connectivity index (χ4v) is 2.29. The van der Waals surface area contributed by atoms with Gasteiger partial charge >= 0.3 is 0 Å². The van der Waals surface area contributed by atoms with Crippen molar-refractivity contribution in [3.8, 4) is 0 Å². The Morgan fingerprint density at radius 1 is 1.60 bits per heavy atom. The standard InChI is InChI=1S/C8H17NS/c1-3-10-7-8-4-5-9(2)6-8/h8H,3-7H2,1-2H3. The number of hydrogen-bond donors (Lipinski definition) is 0. The second-order valence-corrected chi connectivity index (χ2v) is 4.40. The highest BCUT2D eigenvalue weighted by Crippen LogP contribution is 2.18. The monoisotopic (exact) mass is 159 g/mol. The van der Waals surface area contributed by atoms with Crippen molar-refractivity contribution in [3.05, 3.63) is 0 Å². The van der Waals surface area contributed by atoms with Crippen LogP contribution in [0.15, 0.2) is 0 Å². The second kappa shape index (κ2) is 4.24. The highest BCUT2D eigenvalue weighted by Gasteiger charge is 2.18. The van der Waals surface area contributed by atoms with Gasteiger partial charge in [-0.25, -0.2) is 0 Å². The Morgan fingerprint density at radius 2 is 2.40 bits per heavy atom. The van der Waals surface area contributed by atoms with Gasteiger partial charge in [-0.15, -0.1) is 0 Å². The van der Waals surface area contributed by atoms with Crippen LogP contribution < -0.4 is 0 Å². The fraction of sp³-hybridized carbons (Fsp3) is 1.00. The topological polar surface area (TPSA) is 3.24 Å². The molecule has 1 nitrogen and oxygen atoms in total. The summed E-state index contributed by atoms with van der Waals surface area (Å²) in [5.74, 6) is 3.64. The van der Waals surface area contributed by atoms with Gasteiger partial charge in [-0.05, 0) is 37.4 Å². The van der Waals surface area contributed by atoms with Gasteiger partial charge in [-0.1, -0.05) is 6.92 Å². The average molecular weight is 159 g/mol. The molecule has 1 heterocycles. The van der Waals surface area contributed by atoms with Crippen molar-refractivity contribution >= 4 is 11.8 Å². The summed E-state index contributed by atoms with van der Waals surface area (Å²) >= 11 is 2.08. The third-order valence-electron chi connectivity index (χ3n) is 2.05. The molecule has 0 aliphatic carbocycles. The molecule has 0 bridgehead atoms. The minimum Gasteiger partial charge on any atom is -0.306 e. The summed E-state index contributed by atoms with van der Waals surface area (Å²) in [5.41, 5.74) is 0. The second-order valence-electron chi connectivity index (χ2n) is 3.08. The predicted molar refractivity (Wildman–Crippen MR) is 48.6 cm³/mol. The van der Waals surface area contributed by atoms with Gasteiger partial charge < -0.3 is 4.90 Å². The van der Waals surface area contributed by atoms with Crippen molar-refractivity contribution in [2.75, 3.05) is 31.6 Å². The zero-order chi connectivity index (χ0) is 7.40. The van der Waals surface area contributed by atoms with Crippen LogP contribution in [0.25, 0.3) is 0 Å². The van der Waals surface area contributed by atoms with E-state index in [9.17, 15) is 0 Å². The highest BCUT2D eigenvalue weighted by molar-refractivity contribution is 7.99. The summed E-state index contributed by atoms with van der Waals surface area (Å²) < 4.78 is 0. The Balaban J connectivity index is 2.06. The fourth-order valence-electron chi connectivity index (χ4n) is 1.45. The molecule has 1 rings (SSSR count). The van der Waals surface area contributed by atoms with Gasteiger partial charge in [0.05, 0.1) is 0 Å². The van der Waals surface area contributed by atoms with E-state index < -0.39 is 0 Å². The van der Waals surface area contributed by atoms with Crippen LogP contribution in [0.4, 0.5) is 0 Å². The van der Waals surface area contributed by atoms with Crippen LogP contribution in [0.1, 0.15) is 13.3 Å². The van der Waals surface area contributed by atoms with E-state index in [1.165, 1.54) is 31.0 Å². The van der Waals surface area contributed by atoms with Gasteiger partial charge in [0.25, 0.3) is 0 Å².